The van der Waals surface area contributed by atoms with E-state index in [1.54, 1.807) is 0 Å². The van der Waals surface area contributed by atoms with Crippen molar-refractivity contribution in [2.24, 2.45) is 0 Å². The summed E-state index contributed by atoms with van der Waals surface area (Å²) in [6.45, 7) is 0. The first-order chi connectivity index (χ1) is 28.7. The summed E-state index contributed by atoms with van der Waals surface area (Å²) < 4.78 is 8.80. The number of thiophene rings is 1. The van der Waals surface area contributed by atoms with Crippen LogP contribution in [0.5, 0.6) is 0 Å². The van der Waals surface area contributed by atoms with Gasteiger partial charge in [0.1, 0.15) is 11.2 Å². The fraction of sp³-hybridized carbons (Fsp3) is 0. The minimum absolute atomic E-state index is 0.607. The summed E-state index contributed by atoms with van der Waals surface area (Å²) in [6.07, 6.45) is 0. The van der Waals surface area contributed by atoms with Crippen molar-refractivity contribution in [2.75, 3.05) is 0 Å². The number of nitrogens with zero attached hydrogens (tertiary/aromatic N) is 3. The zero-order chi connectivity index (χ0) is 38.2. The Kier molecular flexibility index (Phi) is 7.37. The second-order valence-corrected chi connectivity index (χ2v) is 15.9. The van der Waals surface area contributed by atoms with E-state index in [1.807, 2.05) is 47.7 Å². The van der Waals surface area contributed by atoms with E-state index in [4.69, 9.17) is 19.4 Å². The monoisotopic (exact) mass is 757 g/mol. The van der Waals surface area contributed by atoms with Crippen LogP contribution >= 0.6 is 11.3 Å². The maximum Gasteiger partial charge on any atom is 0.164 e. The molecule has 0 bridgehead atoms. The molecule has 12 rings (SSSR count). The summed E-state index contributed by atoms with van der Waals surface area (Å²) in [5.41, 5.74) is 8.98. The van der Waals surface area contributed by atoms with Gasteiger partial charge in [0.2, 0.25) is 0 Å². The number of fused-ring (bicyclic) bond motifs is 10. The Morgan fingerprint density at radius 3 is 1.76 bits per heavy atom. The first-order valence-electron chi connectivity index (χ1n) is 19.4. The van der Waals surface area contributed by atoms with Crippen molar-refractivity contribution in [2.45, 2.75) is 0 Å². The van der Waals surface area contributed by atoms with E-state index in [-0.39, 0.29) is 0 Å². The average molecular weight is 758 g/mol. The lowest BCUT2D eigenvalue weighted by Gasteiger charge is -2.11. The quantitative estimate of drug-likeness (QED) is 0.164. The Labute approximate surface area is 337 Å². The molecule has 0 spiro atoms. The first kappa shape index (κ1) is 32.7. The molecule has 0 unspecified atom stereocenters. The fourth-order valence-electron chi connectivity index (χ4n) is 8.46. The lowest BCUT2D eigenvalue weighted by atomic mass is 9.94. The summed E-state index contributed by atoms with van der Waals surface area (Å²) in [6, 6.07) is 66.3. The van der Waals surface area contributed by atoms with Crippen LogP contribution < -0.4 is 0 Å². The SMILES string of the molecule is c1ccc(-c2cccc(-c3nc(-c4ccc(-c5ccc6c(ccc7ccc8sc9ccccc9c8c76)c5)cc4)nc(-c4ccc5oc6ccccc6c5c4)n3)c2)cc1. The van der Waals surface area contributed by atoms with Gasteiger partial charge in [0.05, 0.1) is 0 Å². The number of rotatable bonds is 5. The van der Waals surface area contributed by atoms with E-state index in [0.717, 1.165) is 60.9 Å². The van der Waals surface area contributed by atoms with Crippen molar-refractivity contribution < 1.29 is 4.42 Å². The molecule has 0 fully saturated rings. The zero-order valence-corrected chi connectivity index (χ0v) is 31.9. The van der Waals surface area contributed by atoms with Crippen molar-refractivity contribution in [3.8, 4) is 56.4 Å². The number of benzene rings is 9. The van der Waals surface area contributed by atoms with Crippen LogP contribution in [0.15, 0.2) is 192 Å². The molecule has 0 radical (unpaired) electrons. The summed E-state index contributed by atoms with van der Waals surface area (Å²) >= 11 is 1.87. The van der Waals surface area contributed by atoms with Crippen LogP contribution in [0.4, 0.5) is 0 Å². The first-order valence-corrected chi connectivity index (χ1v) is 20.2. The molecule has 3 aromatic heterocycles. The molecule has 0 amide bonds. The third kappa shape index (κ3) is 5.40. The second-order valence-electron chi connectivity index (χ2n) is 14.8. The van der Waals surface area contributed by atoms with Gasteiger partial charge in [-0.15, -0.1) is 11.3 Å². The maximum atomic E-state index is 6.15. The van der Waals surface area contributed by atoms with Crippen molar-refractivity contribution >= 4 is 75.0 Å². The average Bonchev–Trinajstić information content (AvgIpc) is 3.87. The van der Waals surface area contributed by atoms with Crippen LogP contribution in [0.2, 0.25) is 0 Å². The summed E-state index contributed by atoms with van der Waals surface area (Å²) in [5, 5.41) is 9.86. The van der Waals surface area contributed by atoms with Gasteiger partial charge in [-0.2, -0.15) is 0 Å². The lowest BCUT2D eigenvalue weighted by molar-refractivity contribution is 0.669. The van der Waals surface area contributed by atoms with Crippen LogP contribution in [0.25, 0.3) is 120 Å². The molecule has 5 heteroatoms. The third-order valence-corrected chi connectivity index (χ3v) is 12.4. The molecule has 0 saturated heterocycles. The largest absolute Gasteiger partial charge is 0.456 e. The Balaban J connectivity index is 0.963. The van der Waals surface area contributed by atoms with Gasteiger partial charge in [-0.3, -0.25) is 0 Å². The highest BCUT2D eigenvalue weighted by atomic mass is 32.1. The van der Waals surface area contributed by atoms with Gasteiger partial charge in [0.15, 0.2) is 17.5 Å². The third-order valence-electron chi connectivity index (χ3n) is 11.3. The van der Waals surface area contributed by atoms with E-state index in [1.165, 1.54) is 41.7 Å². The molecule has 0 aliphatic carbocycles. The van der Waals surface area contributed by atoms with Crippen LogP contribution in [0.3, 0.4) is 0 Å². The predicted octanol–water partition coefficient (Wildman–Crippen LogP) is 14.8. The van der Waals surface area contributed by atoms with Gasteiger partial charge in [-0.05, 0) is 92.3 Å². The highest BCUT2D eigenvalue weighted by Crippen LogP contribution is 2.42. The highest BCUT2D eigenvalue weighted by Gasteiger charge is 2.16. The molecule has 0 N–H and O–H groups in total. The molecule has 270 valence electrons. The molecular formula is C53H31N3OS. The van der Waals surface area contributed by atoms with Crippen LogP contribution in [0.1, 0.15) is 0 Å². The van der Waals surface area contributed by atoms with E-state index in [0.29, 0.717) is 17.5 Å². The topological polar surface area (TPSA) is 51.8 Å². The molecule has 12 aromatic rings. The standard InChI is InChI=1S/C53H31N3OS/c1-2-9-32(10-3-1)36-11-8-12-39(30-36)52-54-51(55-53(56-52)40-24-27-46-44(31-40)42-13-4-6-15-45(42)57-46)35-20-17-33(18-21-35)37-23-26-41-38(29-37)22-19-34-25-28-48-50(49(34)41)43-14-5-7-16-47(43)58-48/h1-31H. The molecule has 58 heavy (non-hydrogen) atoms. The molecule has 3 heterocycles. The van der Waals surface area contributed by atoms with Crippen molar-refractivity contribution in [1.82, 2.24) is 15.0 Å². The zero-order valence-electron chi connectivity index (χ0n) is 31.1. The van der Waals surface area contributed by atoms with E-state index < -0.39 is 0 Å². The van der Waals surface area contributed by atoms with Gasteiger partial charge in [-0.1, -0.05) is 140 Å². The molecular weight excluding hydrogens is 727 g/mol. The van der Waals surface area contributed by atoms with Crippen LogP contribution in [-0.2, 0) is 0 Å². The Hall–Kier alpha value is -7.47. The Morgan fingerprint density at radius 2 is 0.897 bits per heavy atom. The summed E-state index contributed by atoms with van der Waals surface area (Å²) in [7, 11) is 0. The number of aromatic nitrogens is 3. The second kappa shape index (κ2) is 13.1. The highest BCUT2D eigenvalue weighted by molar-refractivity contribution is 7.26. The number of para-hydroxylation sites is 1. The van der Waals surface area contributed by atoms with Gasteiger partial charge in [-0.25, -0.2) is 15.0 Å². The number of hydrogen-bond donors (Lipinski definition) is 0. The molecule has 0 aliphatic heterocycles. The predicted molar refractivity (Wildman–Crippen MR) is 242 cm³/mol. The smallest absolute Gasteiger partial charge is 0.164 e. The van der Waals surface area contributed by atoms with E-state index in [2.05, 4.69) is 152 Å². The van der Waals surface area contributed by atoms with Crippen molar-refractivity contribution in [3.63, 3.8) is 0 Å². The van der Waals surface area contributed by atoms with E-state index >= 15 is 0 Å². The number of hydrogen-bond acceptors (Lipinski definition) is 5. The van der Waals surface area contributed by atoms with Gasteiger partial charge >= 0.3 is 0 Å². The normalized spacial score (nSPS) is 11.8. The molecule has 9 aromatic carbocycles. The van der Waals surface area contributed by atoms with Crippen molar-refractivity contribution in [3.05, 3.63) is 188 Å². The summed E-state index contributed by atoms with van der Waals surface area (Å²) in [5.74, 6) is 1.84. The van der Waals surface area contributed by atoms with Crippen LogP contribution in [0, 0.1) is 0 Å². The van der Waals surface area contributed by atoms with Gasteiger partial charge in [0, 0.05) is 47.6 Å². The fourth-order valence-corrected chi connectivity index (χ4v) is 9.57. The van der Waals surface area contributed by atoms with Crippen LogP contribution in [-0.4, -0.2) is 15.0 Å². The van der Waals surface area contributed by atoms with Crippen molar-refractivity contribution in [1.29, 1.82) is 0 Å². The maximum absolute atomic E-state index is 6.15. The lowest BCUT2D eigenvalue weighted by Crippen LogP contribution is -2.00. The minimum atomic E-state index is 0.607. The molecule has 4 nitrogen and oxygen atoms in total. The molecule has 0 saturated carbocycles. The summed E-state index contributed by atoms with van der Waals surface area (Å²) in [4.78, 5) is 15.3. The molecule has 0 aliphatic rings. The Morgan fingerprint density at radius 1 is 0.310 bits per heavy atom. The molecule has 0 atom stereocenters. The minimum Gasteiger partial charge on any atom is -0.456 e. The van der Waals surface area contributed by atoms with Gasteiger partial charge in [0.25, 0.3) is 0 Å². The number of furan rings is 1. The van der Waals surface area contributed by atoms with Gasteiger partial charge < -0.3 is 4.42 Å². The van der Waals surface area contributed by atoms with E-state index in [9.17, 15) is 0 Å². The Bertz CT molecular complexity index is 3570.